The smallest absolute Gasteiger partial charge is 0.129 e. The highest BCUT2D eigenvalue weighted by atomic mass is 32.1. The summed E-state index contributed by atoms with van der Waals surface area (Å²) in [6.45, 7) is 0. The quantitative estimate of drug-likeness (QED) is 0.122. The molecule has 1 atom stereocenters. The second-order valence-electron chi connectivity index (χ2n) is 25.3. The van der Waals surface area contributed by atoms with Crippen LogP contribution in [0.2, 0.25) is 0 Å². The van der Waals surface area contributed by atoms with E-state index in [9.17, 15) is 0 Å². The molecule has 0 fully saturated rings. The predicted octanol–water partition coefficient (Wildman–Crippen LogP) is 24.5. The predicted molar refractivity (Wildman–Crippen MR) is 406 cm³/mol. The number of anilines is 3. The van der Waals surface area contributed by atoms with Crippen molar-refractivity contribution in [3.05, 3.63) is 369 Å². The Labute approximate surface area is 566 Å². The Kier molecular flexibility index (Phi) is 13.4. The van der Waals surface area contributed by atoms with Gasteiger partial charge in [0.05, 0.1) is 39.5 Å². The maximum atomic E-state index is 5.15. The van der Waals surface area contributed by atoms with Crippen molar-refractivity contribution in [2.75, 3.05) is 4.90 Å². The molecule has 3 aromatic heterocycles. The van der Waals surface area contributed by atoms with Crippen molar-refractivity contribution in [1.29, 1.82) is 0 Å². The lowest BCUT2D eigenvalue weighted by atomic mass is 9.88. The van der Waals surface area contributed by atoms with Crippen LogP contribution >= 0.6 is 11.7 Å². The van der Waals surface area contributed by atoms with E-state index in [0.29, 0.717) is 0 Å². The summed E-state index contributed by atoms with van der Waals surface area (Å²) in [6.07, 6.45) is 0. The standard InChI is InChI=1S/C91H59N5S/c1-5-17-59(18-6-1)62-29-31-66(32-30-62)89-78-27-14-13-25-76(78)80-55-67(39-49-79(80)89)63-33-43-72(44-34-63)94(73-45-35-64(36-46-73)70-42-51-85-81(56-70)77-26-15-16-28-84(77)95(85)71-23-11-4-12-24-71)88-54-50-75(90-91(88)93-97-92-90)65-37-47-74(48-38-65)96-86-52-40-68(60-19-7-2-8-20-60)57-82(86)83-58-69(41-53-87(83)96)61-21-9-3-10-22-61/h1-58,89H. The molecule has 18 aromatic rings. The zero-order valence-corrected chi connectivity index (χ0v) is 53.5. The van der Waals surface area contributed by atoms with E-state index in [1.165, 1.54) is 111 Å². The van der Waals surface area contributed by atoms with Crippen LogP contribution in [0.25, 0.3) is 144 Å². The van der Waals surface area contributed by atoms with Crippen LogP contribution in [0.5, 0.6) is 0 Å². The van der Waals surface area contributed by atoms with E-state index in [-0.39, 0.29) is 5.92 Å². The lowest BCUT2D eigenvalue weighted by molar-refractivity contribution is 1.02. The molecule has 0 spiro atoms. The molecule has 1 aliphatic carbocycles. The second-order valence-corrected chi connectivity index (χ2v) is 25.9. The Hall–Kier alpha value is -12.5. The largest absolute Gasteiger partial charge is 0.309 e. The van der Waals surface area contributed by atoms with Crippen molar-refractivity contribution in [3.8, 4) is 89.3 Å². The first-order valence-electron chi connectivity index (χ1n) is 33.1. The molecule has 19 rings (SSSR count). The summed E-state index contributed by atoms with van der Waals surface area (Å²) in [7, 11) is 0. The Bertz CT molecular complexity index is 5920. The van der Waals surface area contributed by atoms with Crippen LogP contribution in [0.3, 0.4) is 0 Å². The lowest BCUT2D eigenvalue weighted by Crippen LogP contribution is -2.10. The van der Waals surface area contributed by atoms with Crippen LogP contribution in [0, 0.1) is 0 Å². The molecular weight excluding hydrogens is 1200 g/mol. The van der Waals surface area contributed by atoms with Gasteiger partial charge in [0.25, 0.3) is 0 Å². The number of hydrogen-bond donors (Lipinski definition) is 0. The third-order valence-corrected chi connectivity index (χ3v) is 20.5. The molecule has 0 aliphatic heterocycles. The highest BCUT2D eigenvalue weighted by Crippen LogP contribution is 2.50. The minimum atomic E-state index is 0.148. The van der Waals surface area contributed by atoms with Gasteiger partial charge in [0.2, 0.25) is 0 Å². The van der Waals surface area contributed by atoms with Crippen LogP contribution in [0.4, 0.5) is 17.1 Å². The first kappa shape index (κ1) is 56.1. The number of benzene rings is 15. The van der Waals surface area contributed by atoms with Gasteiger partial charge >= 0.3 is 0 Å². The molecule has 0 radical (unpaired) electrons. The Morgan fingerprint density at radius 1 is 0.258 bits per heavy atom. The molecule has 0 saturated heterocycles. The third kappa shape index (κ3) is 9.59. The molecule has 6 heteroatoms. The van der Waals surface area contributed by atoms with E-state index in [4.69, 9.17) is 8.75 Å². The van der Waals surface area contributed by atoms with E-state index < -0.39 is 0 Å². The third-order valence-electron chi connectivity index (χ3n) is 19.9. The normalized spacial score (nSPS) is 12.6. The van der Waals surface area contributed by atoms with Crippen LogP contribution in [0.1, 0.15) is 22.6 Å². The second kappa shape index (κ2) is 23.2. The van der Waals surface area contributed by atoms with Gasteiger partial charge in [0.1, 0.15) is 11.0 Å². The Morgan fingerprint density at radius 3 is 1.25 bits per heavy atom. The van der Waals surface area contributed by atoms with E-state index in [2.05, 4.69) is 366 Å². The molecule has 1 aliphatic rings. The van der Waals surface area contributed by atoms with Gasteiger partial charge < -0.3 is 14.0 Å². The van der Waals surface area contributed by atoms with Crippen LogP contribution < -0.4 is 4.90 Å². The zero-order valence-electron chi connectivity index (χ0n) is 52.7. The molecule has 97 heavy (non-hydrogen) atoms. The SMILES string of the molecule is c1ccc(-c2ccc(C3c4ccccc4-c4cc(-c5ccc(N(c6ccc(-c7ccc8c(c7)c7ccccc7n8-c7ccccc7)cc6)c6ccc(-c7ccc(-n8c9ccc(-c%10ccccc%10)cc9c9cc(-c%10ccccc%10)ccc98)cc7)c7nsnc67)cc5)ccc43)cc2)cc1. The van der Waals surface area contributed by atoms with Crippen molar-refractivity contribution < 1.29 is 0 Å². The molecule has 0 bridgehead atoms. The molecule has 1 unspecified atom stereocenters. The molecule has 5 nitrogen and oxygen atoms in total. The van der Waals surface area contributed by atoms with Gasteiger partial charge in [-0.25, -0.2) is 0 Å². The summed E-state index contributed by atoms with van der Waals surface area (Å²) in [4.78, 5) is 2.35. The van der Waals surface area contributed by atoms with Gasteiger partial charge in [-0.1, -0.05) is 243 Å². The summed E-state index contributed by atoms with van der Waals surface area (Å²) in [6, 6.07) is 129. The van der Waals surface area contributed by atoms with E-state index in [1.807, 2.05) is 0 Å². The first-order chi connectivity index (χ1) is 48.1. The highest BCUT2D eigenvalue weighted by molar-refractivity contribution is 7.00. The van der Waals surface area contributed by atoms with Gasteiger partial charge in [-0.3, -0.25) is 0 Å². The van der Waals surface area contributed by atoms with Crippen molar-refractivity contribution in [2.24, 2.45) is 0 Å². The summed E-state index contributed by atoms with van der Waals surface area (Å²) in [5, 5.41) is 4.88. The zero-order chi connectivity index (χ0) is 63.9. The lowest BCUT2D eigenvalue weighted by Gasteiger charge is -2.26. The van der Waals surface area contributed by atoms with Gasteiger partial charge in [0, 0.05) is 55.8 Å². The fraction of sp³-hybridized carbons (Fsp3) is 0.0110. The molecule has 3 heterocycles. The minimum Gasteiger partial charge on any atom is -0.309 e. The fourth-order valence-corrected chi connectivity index (χ4v) is 15.8. The van der Waals surface area contributed by atoms with Crippen molar-refractivity contribution in [3.63, 3.8) is 0 Å². The summed E-state index contributed by atoms with van der Waals surface area (Å²) >= 11 is 1.26. The maximum Gasteiger partial charge on any atom is 0.129 e. The Morgan fingerprint density at radius 2 is 0.660 bits per heavy atom. The topological polar surface area (TPSA) is 38.9 Å². The summed E-state index contributed by atoms with van der Waals surface area (Å²) < 4.78 is 15.0. The number of aromatic nitrogens is 4. The molecular formula is C91H59N5S. The van der Waals surface area contributed by atoms with Crippen LogP contribution in [-0.2, 0) is 0 Å². The van der Waals surface area contributed by atoms with Gasteiger partial charge in [-0.05, 0) is 198 Å². The highest BCUT2D eigenvalue weighted by Gasteiger charge is 2.31. The molecule has 15 aromatic carbocycles. The number of para-hydroxylation sites is 2. The van der Waals surface area contributed by atoms with Gasteiger partial charge in [-0.15, -0.1) is 0 Å². The Balaban J connectivity index is 0.692. The van der Waals surface area contributed by atoms with Crippen LogP contribution in [0.15, 0.2) is 352 Å². The first-order valence-corrected chi connectivity index (χ1v) is 33.9. The average molecular weight is 1250 g/mol. The molecule has 0 N–H and O–H groups in total. The van der Waals surface area contributed by atoms with E-state index in [0.717, 1.165) is 78.3 Å². The minimum absolute atomic E-state index is 0.148. The van der Waals surface area contributed by atoms with E-state index in [1.54, 1.807) is 0 Å². The number of hydrogen-bond acceptors (Lipinski definition) is 4. The molecule has 454 valence electrons. The fourth-order valence-electron chi connectivity index (χ4n) is 15.3. The number of rotatable bonds is 12. The molecule has 0 amide bonds. The van der Waals surface area contributed by atoms with E-state index >= 15 is 0 Å². The van der Waals surface area contributed by atoms with Crippen molar-refractivity contribution >= 4 is 83.4 Å². The maximum absolute atomic E-state index is 5.15. The van der Waals surface area contributed by atoms with Crippen molar-refractivity contribution in [1.82, 2.24) is 17.9 Å². The number of fused-ring (bicyclic) bond motifs is 10. The van der Waals surface area contributed by atoms with Gasteiger partial charge in [-0.2, -0.15) is 8.75 Å². The van der Waals surface area contributed by atoms with Crippen molar-refractivity contribution in [2.45, 2.75) is 5.92 Å². The summed E-state index contributed by atoms with van der Waals surface area (Å²) in [5.41, 5.74) is 32.1. The number of nitrogens with zero attached hydrogens (tertiary/aromatic N) is 5. The summed E-state index contributed by atoms with van der Waals surface area (Å²) in [5.74, 6) is 0.148. The average Bonchev–Trinajstić information content (AvgIpc) is 1.52. The van der Waals surface area contributed by atoms with Crippen LogP contribution in [-0.4, -0.2) is 17.9 Å². The molecule has 0 saturated carbocycles. The monoisotopic (exact) mass is 1250 g/mol. The van der Waals surface area contributed by atoms with Gasteiger partial charge in [0.15, 0.2) is 0 Å².